The highest BCUT2D eigenvalue weighted by Crippen LogP contribution is 2.14. The van der Waals surface area contributed by atoms with Crippen LogP contribution in [-0.2, 0) is 6.54 Å². The molecule has 0 fully saturated rings. The first-order chi connectivity index (χ1) is 7.58. The van der Waals surface area contributed by atoms with Crippen molar-refractivity contribution < 1.29 is 0 Å². The summed E-state index contributed by atoms with van der Waals surface area (Å²) in [5, 5.41) is 13.6. The molecule has 0 atom stereocenters. The minimum atomic E-state index is -0.326. The summed E-state index contributed by atoms with van der Waals surface area (Å²) in [7, 11) is 5.65. The molecular weight excluding hydrogens is 206 g/mol. The van der Waals surface area contributed by atoms with Crippen molar-refractivity contribution in [1.29, 1.82) is 0 Å². The zero-order valence-corrected chi connectivity index (χ0v) is 10.0. The highest BCUT2D eigenvalue weighted by Gasteiger charge is 2.23. The molecule has 7 N–H and O–H groups in total. The lowest BCUT2D eigenvalue weighted by Crippen LogP contribution is -2.63. The second kappa shape index (κ2) is 5.15. The van der Waals surface area contributed by atoms with Gasteiger partial charge < -0.3 is 11.5 Å². The Morgan fingerprint density at radius 2 is 1.81 bits per heavy atom. The summed E-state index contributed by atoms with van der Waals surface area (Å²) in [6.07, 6.45) is 2.34. The van der Waals surface area contributed by atoms with Crippen LogP contribution in [0.4, 0.5) is 11.5 Å². The van der Waals surface area contributed by atoms with E-state index in [-0.39, 0.29) is 5.79 Å². The van der Waals surface area contributed by atoms with Crippen LogP contribution in [-0.4, -0.2) is 36.7 Å². The molecule has 0 unspecified atom stereocenters. The van der Waals surface area contributed by atoms with Gasteiger partial charge in [0.1, 0.15) is 11.6 Å². The van der Waals surface area contributed by atoms with Crippen molar-refractivity contribution in [2.75, 3.05) is 32.6 Å². The third-order valence-corrected chi connectivity index (χ3v) is 2.89. The molecule has 0 aliphatic rings. The molecule has 7 heteroatoms. The Kier molecular flexibility index (Phi) is 4.11. The van der Waals surface area contributed by atoms with Crippen LogP contribution < -0.4 is 27.4 Å². The molecule has 0 spiro atoms. The topological polar surface area (TPSA) is 106 Å². The van der Waals surface area contributed by atoms with E-state index in [2.05, 4.69) is 21.0 Å². The average Bonchev–Trinajstić information content (AvgIpc) is 2.63. The Balaban J connectivity index is 2.66. The number of hydrogen-bond acceptors (Lipinski definition) is 6. The number of aromatic nitrogens is 2. The summed E-state index contributed by atoms with van der Waals surface area (Å²) in [5.74, 6) is 0.185. The van der Waals surface area contributed by atoms with Crippen LogP contribution in [0.2, 0.25) is 0 Å². The Hall–Kier alpha value is -1.31. The molecule has 0 radical (unpaired) electrons. The van der Waals surface area contributed by atoms with Gasteiger partial charge in [0.25, 0.3) is 0 Å². The average molecular weight is 227 g/mol. The second-order valence-corrected chi connectivity index (χ2v) is 3.61. The normalized spacial score (nSPS) is 11.9. The first-order valence-electron chi connectivity index (χ1n) is 5.22. The highest BCUT2D eigenvalue weighted by molar-refractivity contribution is 5.56. The molecule has 1 aromatic rings. The van der Waals surface area contributed by atoms with Crippen molar-refractivity contribution in [3.05, 3.63) is 6.20 Å². The first kappa shape index (κ1) is 12.8. The molecule has 0 amide bonds. The molecular formula is C9H21N7. The summed E-state index contributed by atoms with van der Waals surface area (Å²) in [6, 6.07) is 0. The number of nitrogens with one attached hydrogen (secondary N) is 3. The van der Waals surface area contributed by atoms with Crippen molar-refractivity contribution in [2.24, 2.45) is 0 Å². The fraction of sp³-hybridized carbons (Fsp3) is 0.667. The van der Waals surface area contributed by atoms with E-state index < -0.39 is 0 Å². The van der Waals surface area contributed by atoms with E-state index >= 15 is 0 Å². The van der Waals surface area contributed by atoms with Crippen LogP contribution >= 0.6 is 0 Å². The Morgan fingerprint density at radius 1 is 1.25 bits per heavy atom. The molecule has 1 heterocycles. The lowest BCUT2D eigenvalue weighted by atomic mass is 10.2. The Bertz CT molecular complexity index is 320. The molecule has 0 saturated carbocycles. The summed E-state index contributed by atoms with van der Waals surface area (Å²) in [4.78, 5) is 0. The molecule has 0 aromatic carbocycles. The largest absolute Gasteiger partial charge is 0.394 e. The number of anilines is 2. The van der Waals surface area contributed by atoms with Crippen molar-refractivity contribution in [3.63, 3.8) is 0 Å². The van der Waals surface area contributed by atoms with E-state index in [1.54, 1.807) is 10.9 Å². The van der Waals surface area contributed by atoms with Gasteiger partial charge in [0.05, 0.1) is 11.9 Å². The maximum Gasteiger partial charge on any atom is 0.145 e. The fourth-order valence-electron chi connectivity index (χ4n) is 1.61. The molecule has 7 nitrogen and oxygen atoms in total. The van der Waals surface area contributed by atoms with Crippen LogP contribution in [0.3, 0.4) is 0 Å². The maximum atomic E-state index is 5.77. The molecule has 1 aromatic heterocycles. The van der Waals surface area contributed by atoms with Gasteiger partial charge in [0.2, 0.25) is 0 Å². The first-order valence-corrected chi connectivity index (χ1v) is 5.22. The van der Waals surface area contributed by atoms with E-state index in [0.29, 0.717) is 18.1 Å². The number of hydrogen-bond donors (Lipinski definition) is 5. The van der Waals surface area contributed by atoms with Gasteiger partial charge in [-0.05, 0) is 21.1 Å². The summed E-state index contributed by atoms with van der Waals surface area (Å²) in [5.41, 5.74) is 11.9. The van der Waals surface area contributed by atoms with Gasteiger partial charge in [-0.2, -0.15) is 5.10 Å². The standard InChI is InChI=1S/C9H21N7/c1-12-9(13-2,14-3)4-5-16-8(11)7(10)6-15-16/h6,12-14H,4-5,10-11H2,1-3H3. The minimum absolute atomic E-state index is 0.326. The van der Waals surface area contributed by atoms with Crippen molar-refractivity contribution in [1.82, 2.24) is 25.7 Å². The quantitative estimate of drug-likeness (QED) is 0.389. The Morgan fingerprint density at radius 3 is 2.19 bits per heavy atom. The third-order valence-electron chi connectivity index (χ3n) is 2.89. The van der Waals surface area contributed by atoms with Crippen LogP contribution in [0.1, 0.15) is 6.42 Å². The molecule has 0 aliphatic carbocycles. The molecule has 0 aliphatic heterocycles. The van der Waals surface area contributed by atoms with Gasteiger partial charge >= 0.3 is 0 Å². The summed E-state index contributed by atoms with van der Waals surface area (Å²) in [6.45, 7) is 0.672. The molecule has 0 bridgehead atoms. The van der Waals surface area contributed by atoms with E-state index in [1.807, 2.05) is 21.1 Å². The number of nitrogen functional groups attached to an aromatic ring is 2. The Labute approximate surface area is 95.6 Å². The summed E-state index contributed by atoms with van der Waals surface area (Å²) >= 11 is 0. The third kappa shape index (κ3) is 2.43. The molecule has 16 heavy (non-hydrogen) atoms. The van der Waals surface area contributed by atoms with Gasteiger partial charge in [0, 0.05) is 13.0 Å². The van der Waals surface area contributed by atoms with Crippen molar-refractivity contribution in [2.45, 2.75) is 18.8 Å². The van der Waals surface area contributed by atoms with Crippen molar-refractivity contribution in [3.8, 4) is 0 Å². The van der Waals surface area contributed by atoms with Crippen LogP contribution in [0.15, 0.2) is 6.20 Å². The lowest BCUT2D eigenvalue weighted by Gasteiger charge is -2.32. The van der Waals surface area contributed by atoms with Crippen molar-refractivity contribution >= 4 is 11.5 Å². The maximum absolute atomic E-state index is 5.77. The van der Waals surface area contributed by atoms with E-state index in [0.717, 1.165) is 6.42 Å². The minimum Gasteiger partial charge on any atom is -0.394 e. The van der Waals surface area contributed by atoms with E-state index in [9.17, 15) is 0 Å². The van der Waals surface area contributed by atoms with E-state index in [4.69, 9.17) is 11.5 Å². The van der Waals surface area contributed by atoms with Gasteiger partial charge in [-0.3, -0.25) is 16.0 Å². The smallest absolute Gasteiger partial charge is 0.145 e. The van der Waals surface area contributed by atoms with Gasteiger partial charge in [-0.15, -0.1) is 0 Å². The van der Waals surface area contributed by atoms with Crippen LogP contribution in [0, 0.1) is 0 Å². The SMILES string of the molecule is CNC(CCn1ncc(N)c1N)(NC)NC. The van der Waals surface area contributed by atoms with Crippen LogP contribution in [0.25, 0.3) is 0 Å². The zero-order valence-electron chi connectivity index (χ0n) is 10.0. The lowest BCUT2D eigenvalue weighted by molar-refractivity contribution is 0.214. The fourth-order valence-corrected chi connectivity index (χ4v) is 1.61. The highest BCUT2D eigenvalue weighted by atomic mass is 15.4. The number of nitrogens with two attached hydrogens (primary N) is 2. The molecule has 1 rings (SSSR count). The number of nitrogens with zero attached hydrogens (tertiary/aromatic N) is 2. The predicted octanol–water partition coefficient (Wildman–Crippen LogP) is -1.25. The predicted molar refractivity (Wildman–Crippen MR) is 65.6 cm³/mol. The molecule has 0 saturated heterocycles. The zero-order chi connectivity index (χ0) is 12.2. The molecule has 92 valence electrons. The number of rotatable bonds is 6. The van der Waals surface area contributed by atoms with Gasteiger partial charge in [0.15, 0.2) is 0 Å². The monoisotopic (exact) mass is 227 g/mol. The second-order valence-electron chi connectivity index (χ2n) is 3.61. The van der Waals surface area contributed by atoms with Crippen LogP contribution in [0.5, 0.6) is 0 Å². The summed E-state index contributed by atoms with van der Waals surface area (Å²) < 4.78 is 1.69. The van der Waals surface area contributed by atoms with Gasteiger partial charge in [-0.1, -0.05) is 0 Å². The van der Waals surface area contributed by atoms with E-state index in [1.165, 1.54) is 0 Å². The van der Waals surface area contributed by atoms with Gasteiger partial charge in [-0.25, -0.2) is 4.68 Å². The number of aryl methyl sites for hydroxylation is 1.